The van der Waals surface area contributed by atoms with Crippen LogP contribution in [0.1, 0.15) is 27.7 Å². The van der Waals surface area contributed by atoms with Gasteiger partial charge in [-0.2, -0.15) is 0 Å². The van der Waals surface area contributed by atoms with E-state index in [1.807, 2.05) is 0 Å². The largest absolute Gasteiger partial charge is 0.278 e. The van der Waals surface area contributed by atoms with E-state index in [1.54, 1.807) is 7.05 Å². The quantitative estimate of drug-likeness (QED) is 0.574. The molecule has 0 atom stereocenters. The molecule has 0 heterocycles. The van der Waals surface area contributed by atoms with E-state index in [1.165, 1.54) is 0 Å². The van der Waals surface area contributed by atoms with E-state index in [0.29, 0.717) is 11.8 Å². The zero-order valence-corrected chi connectivity index (χ0v) is 10.8. The second-order valence-corrected chi connectivity index (χ2v) is 6.64. The van der Waals surface area contributed by atoms with Crippen molar-refractivity contribution >= 4 is 7.59 Å². The van der Waals surface area contributed by atoms with E-state index in [-0.39, 0.29) is 0 Å². The summed E-state index contributed by atoms with van der Waals surface area (Å²) in [6.07, 6.45) is 0. The summed E-state index contributed by atoms with van der Waals surface area (Å²) in [5.41, 5.74) is 0. The summed E-state index contributed by atoms with van der Waals surface area (Å²) in [4.78, 5) is 0. The molecule has 0 aliphatic rings. The lowest BCUT2D eigenvalue weighted by Crippen LogP contribution is -2.33. The monoisotopic (exact) mass is 221 g/mol. The van der Waals surface area contributed by atoms with Crippen molar-refractivity contribution in [2.75, 3.05) is 20.1 Å². The van der Waals surface area contributed by atoms with Crippen LogP contribution in [0.3, 0.4) is 0 Å². The van der Waals surface area contributed by atoms with Crippen LogP contribution < -0.4 is 15.3 Å². The first kappa shape index (κ1) is 14.1. The molecule has 86 valence electrons. The van der Waals surface area contributed by atoms with Gasteiger partial charge in [-0.25, -0.2) is 15.3 Å². The highest BCUT2D eigenvalue weighted by molar-refractivity contribution is 7.57. The third kappa shape index (κ3) is 6.55. The molecule has 0 bridgehead atoms. The van der Waals surface area contributed by atoms with Crippen LogP contribution in [-0.2, 0) is 4.57 Å². The molecule has 0 spiro atoms. The predicted molar refractivity (Wildman–Crippen MR) is 62.3 cm³/mol. The van der Waals surface area contributed by atoms with Crippen LogP contribution in [0.15, 0.2) is 0 Å². The zero-order valence-electron chi connectivity index (χ0n) is 9.92. The standard InChI is InChI=1S/C9H24N3OP/c1-8(2)6-11-14(13,10-5)12-7-9(3)4/h8-9H,6-7H2,1-5H3,(H3,10,11,12,13). The van der Waals surface area contributed by atoms with Gasteiger partial charge >= 0.3 is 0 Å². The maximum Gasteiger partial charge on any atom is 0.278 e. The smallest absolute Gasteiger partial charge is 0.271 e. The van der Waals surface area contributed by atoms with Gasteiger partial charge in [0.25, 0.3) is 7.59 Å². The minimum absolute atomic E-state index is 0.498. The molecule has 0 aliphatic carbocycles. The second-order valence-electron chi connectivity index (χ2n) is 4.35. The minimum atomic E-state index is -2.56. The van der Waals surface area contributed by atoms with E-state index in [2.05, 4.69) is 43.0 Å². The van der Waals surface area contributed by atoms with Crippen LogP contribution in [0.4, 0.5) is 0 Å². The summed E-state index contributed by atoms with van der Waals surface area (Å²) in [5.74, 6) is 0.995. The molecule has 0 rings (SSSR count). The second kappa shape index (κ2) is 6.57. The summed E-state index contributed by atoms with van der Waals surface area (Å²) in [6, 6.07) is 0. The summed E-state index contributed by atoms with van der Waals surface area (Å²) in [5, 5.41) is 8.89. The van der Waals surface area contributed by atoms with Gasteiger partial charge in [0.05, 0.1) is 0 Å². The summed E-state index contributed by atoms with van der Waals surface area (Å²) >= 11 is 0. The fourth-order valence-corrected chi connectivity index (χ4v) is 2.51. The Hall–Kier alpha value is 0.110. The molecule has 14 heavy (non-hydrogen) atoms. The first-order valence-corrected chi connectivity index (χ1v) is 6.89. The average molecular weight is 221 g/mol. The molecule has 0 fully saturated rings. The molecule has 3 N–H and O–H groups in total. The molecule has 0 aromatic heterocycles. The Kier molecular flexibility index (Phi) is 6.62. The average Bonchev–Trinajstić information content (AvgIpc) is 2.11. The number of hydrogen-bond acceptors (Lipinski definition) is 1. The molecule has 0 aromatic carbocycles. The maximum atomic E-state index is 12.1. The van der Waals surface area contributed by atoms with Crippen LogP contribution in [0.5, 0.6) is 0 Å². The van der Waals surface area contributed by atoms with Gasteiger partial charge in [0.1, 0.15) is 0 Å². The van der Waals surface area contributed by atoms with E-state index in [4.69, 9.17) is 0 Å². The lowest BCUT2D eigenvalue weighted by Gasteiger charge is -2.21. The van der Waals surface area contributed by atoms with Crippen molar-refractivity contribution in [3.63, 3.8) is 0 Å². The van der Waals surface area contributed by atoms with Gasteiger partial charge in [-0.15, -0.1) is 0 Å². The first-order chi connectivity index (χ1) is 6.39. The third-order valence-electron chi connectivity index (χ3n) is 1.76. The molecule has 0 saturated carbocycles. The Morgan fingerprint density at radius 1 is 1.00 bits per heavy atom. The Bertz CT molecular complexity index is 178. The maximum absolute atomic E-state index is 12.1. The molecular formula is C9H24N3OP. The number of rotatable bonds is 7. The van der Waals surface area contributed by atoms with Gasteiger partial charge in [0.15, 0.2) is 0 Å². The molecular weight excluding hydrogens is 197 g/mol. The van der Waals surface area contributed by atoms with Gasteiger partial charge in [-0.3, -0.25) is 4.57 Å². The van der Waals surface area contributed by atoms with Gasteiger partial charge < -0.3 is 0 Å². The highest BCUT2D eigenvalue weighted by Gasteiger charge is 2.18. The normalized spacial score (nSPS) is 12.8. The van der Waals surface area contributed by atoms with Crippen molar-refractivity contribution in [1.82, 2.24) is 15.3 Å². The third-order valence-corrected chi connectivity index (χ3v) is 3.64. The van der Waals surface area contributed by atoms with Crippen molar-refractivity contribution in [2.24, 2.45) is 11.8 Å². The first-order valence-electron chi connectivity index (χ1n) is 5.19. The summed E-state index contributed by atoms with van der Waals surface area (Å²) in [7, 11) is -0.848. The lowest BCUT2D eigenvalue weighted by atomic mass is 10.2. The molecule has 4 nitrogen and oxygen atoms in total. The SMILES string of the molecule is CNP(=O)(NCC(C)C)NCC(C)C. The van der Waals surface area contributed by atoms with Crippen molar-refractivity contribution in [1.29, 1.82) is 0 Å². The number of nitrogens with one attached hydrogen (secondary N) is 3. The highest BCUT2D eigenvalue weighted by atomic mass is 31.2. The van der Waals surface area contributed by atoms with Crippen LogP contribution in [-0.4, -0.2) is 20.1 Å². The molecule has 0 radical (unpaired) electrons. The van der Waals surface area contributed by atoms with E-state index >= 15 is 0 Å². The van der Waals surface area contributed by atoms with Crippen LogP contribution in [0.25, 0.3) is 0 Å². The summed E-state index contributed by atoms with van der Waals surface area (Å²) < 4.78 is 12.1. The fourth-order valence-electron chi connectivity index (χ4n) is 0.836. The number of hydrogen-bond donors (Lipinski definition) is 3. The van der Waals surface area contributed by atoms with Gasteiger partial charge in [0.2, 0.25) is 0 Å². The molecule has 0 unspecified atom stereocenters. The Balaban J connectivity index is 3.98. The van der Waals surface area contributed by atoms with Gasteiger partial charge in [-0.1, -0.05) is 27.7 Å². The van der Waals surface area contributed by atoms with Crippen molar-refractivity contribution in [3.8, 4) is 0 Å². The minimum Gasteiger partial charge on any atom is -0.271 e. The van der Waals surface area contributed by atoms with E-state index < -0.39 is 7.59 Å². The van der Waals surface area contributed by atoms with Gasteiger partial charge in [0, 0.05) is 13.1 Å². The fraction of sp³-hybridized carbons (Fsp3) is 1.00. The molecule has 0 aromatic rings. The molecule has 0 amide bonds. The topological polar surface area (TPSA) is 53.2 Å². The predicted octanol–water partition coefficient (Wildman–Crippen LogP) is 1.81. The van der Waals surface area contributed by atoms with Crippen molar-refractivity contribution < 1.29 is 4.57 Å². The Morgan fingerprint density at radius 2 is 1.36 bits per heavy atom. The highest BCUT2D eigenvalue weighted by Crippen LogP contribution is 2.29. The Labute approximate surface area is 87.8 Å². The Morgan fingerprint density at radius 3 is 1.57 bits per heavy atom. The van der Waals surface area contributed by atoms with Crippen molar-refractivity contribution in [2.45, 2.75) is 27.7 Å². The van der Waals surface area contributed by atoms with Crippen LogP contribution >= 0.6 is 7.59 Å². The van der Waals surface area contributed by atoms with E-state index in [9.17, 15) is 4.57 Å². The molecule has 5 heteroatoms. The van der Waals surface area contributed by atoms with E-state index in [0.717, 1.165) is 13.1 Å². The summed E-state index contributed by atoms with van der Waals surface area (Å²) in [6.45, 7) is 9.88. The zero-order chi connectivity index (χ0) is 11.2. The van der Waals surface area contributed by atoms with Crippen LogP contribution in [0.2, 0.25) is 0 Å². The molecule has 0 saturated heterocycles. The molecule has 0 aliphatic heterocycles. The lowest BCUT2D eigenvalue weighted by molar-refractivity contribution is 0.519. The van der Waals surface area contributed by atoms with Crippen LogP contribution in [0, 0.1) is 11.8 Å². The van der Waals surface area contributed by atoms with Gasteiger partial charge in [-0.05, 0) is 18.9 Å². The van der Waals surface area contributed by atoms with Crippen molar-refractivity contribution in [3.05, 3.63) is 0 Å².